The van der Waals surface area contributed by atoms with Crippen molar-refractivity contribution in [2.45, 2.75) is 39.9 Å². The lowest BCUT2D eigenvalue weighted by Crippen LogP contribution is -2.42. The predicted molar refractivity (Wildman–Crippen MR) is 147 cm³/mol. The van der Waals surface area contributed by atoms with E-state index < -0.39 is 11.8 Å². The number of ether oxygens (including phenoxy) is 1. The van der Waals surface area contributed by atoms with E-state index in [0.29, 0.717) is 28.9 Å². The highest BCUT2D eigenvalue weighted by atomic mass is 32.1. The number of carbonyl (C=O) groups is 2. The van der Waals surface area contributed by atoms with Crippen LogP contribution in [0.1, 0.15) is 28.5 Å². The molecule has 9 nitrogen and oxygen atoms in total. The van der Waals surface area contributed by atoms with Crippen LogP contribution >= 0.6 is 11.3 Å². The molecule has 0 unspecified atom stereocenters. The maximum Gasteiger partial charge on any atom is 0.410 e. The van der Waals surface area contributed by atoms with Crippen molar-refractivity contribution in [3.05, 3.63) is 97.0 Å². The van der Waals surface area contributed by atoms with Crippen LogP contribution in [0.2, 0.25) is 0 Å². The van der Waals surface area contributed by atoms with Gasteiger partial charge in [-0.2, -0.15) is 0 Å². The van der Waals surface area contributed by atoms with Crippen LogP contribution in [-0.2, 0) is 35.6 Å². The second-order valence-corrected chi connectivity index (χ2v) is 10.2. The Balaban J connectivity index is 1.60. The molecule has 1 N–H and O–H groups in total. The van der Waals surface area contributed by atoms with Crippen molar-refractivity contribution in [3.63, 3.8) is 0 Å². The van der Waals surface area contributed by atoms with E-state index in [1.165, 1.54) is 20.5 Å². The monoisotopic (exact) mass is 532 g/mol. The molecule has 38 heavy (non-hydrogen) atoms. The molecule has 0 fully saturated rings. The lowest BCUT2D eigenvalue weighted by Gasteiger charge is -2.25. The molecule has 0 atom stereocenters. The smallest absolute Gasteiger partial charge is 0.410 e. The maximum atomic E-state index is 13.7. The minimum absolute atomic E-state index is 0.0907. The van der Waals surface area contributed by atoms with Crippen LogP contribution < -0.4 is 16.6 Å². The molecule has 0 aliphatic carbocycles. The molecule has 2 amide bonds. The zero-order valence-electron chi connectivity index (χ0n) is 21.2. The summed E-state index contributed by atoms with van der Waals surface area (Å²) >= 11 is 1.28. The Hall–Kier alpha value is -4.18. The molecule has 0 saturated heterocycles. The van der Waals surface area contributed by atoms with Gasteiger partial charge in [0.25, 0.3) is 5.56 Å². The number of aryl methyl sites for hydroxylation is 1. The number of para-hydroxylation sites is 1. The Kier molecular flexibility index (Phi) is 7.15. The van der Waals surface area contributed by atoms with Crippen LogP contribution in [0.25, 0.3) is 10.2 Å². The van der Waals surface area contributed by atoms with Crippen LogP contribution in [0.4, 0.5) is 10.5 Å². The van der Waals surface area contributed by atoms with Gasteiger partial charge in [0.15, 0.2) is 0 Å². The first-order valence-corrected chi connectivity index (χ1v) is 13.3. The molecule has 2 aromatic carbocycles. The minimum atomic E-state index is -0.549. The van der Waals surface area contributed by atoms with Gasteiger partial charge in [-0.25, -0.2) is 9.59 Å². The largest absolute Gasteiger partial charge is 0.450 e. The van der Waals surface area contributed by atoms with E-state index in [4.69, 9.17) is 4.74 Å². The van der Waals surface area contributed by atoms with Gasteiger partial charge < -0.3 is 15.0 Å². The quantitative estimate of drug-likeness (QED) is 0.408. The average molecular weight is 533 g/mol. The summed E-state index contributed by atoms with van der Waals surface area (Å²) in [6.45, 7) is 4.45. The van der Waals surface area contributed by atoms with Gasteiger partial charge in [0.1, 0.15) is 11.4 Å². The average Bonchev–Trinajstić information content (AvgIpc) is 3.30. The third kappa shape index (κ3) is 4.87. The molecule has 0 radical (unpaired) electrons. The molecule has 5 rings (SSSR count). The Morgan fingerprint density at radius 3 is 2.50 bits per heavy atom. The number of nitrogens with one attached hydrogen (secondary N) is 1. The number of amides is 2. The fourth-order valence-electron chi connectivity index (χ4n) is 4.72. The highest BCUT2D eigenvalue weighted by Crippen LogP contribution is 2.33. The first-order valence-electron chi connectivity index (χ1n) is 12.5. The summed E-state index contributed by atoms with van der Waals surface area (Å²) in [5.74, 6) is -0.368. The minimum Gasteiger partial charge on any atom is -0.450 e. The number of thiophene rings is 1. The zero-order valence-corrected chi connectivity index (χ0v) is 22.0. The summed E-state index contributed by atoms with van der Waals surface area (Å²) in [4.78, 5) is 55.8. The number of anilines is 1. The normalized spacial score (nSPS) is 12.8. The van der Waals surface area contributed by atoms with Gasteiger partial charge in [0, 0.05) is 17.1 Å². The van der Waals surface area contributed by atoms with Crippen molar-refractivity contribution in [2.24, 2.45) is 0 Å². The Morgan fingerprint density at radius 2 is 1.76 bits per heavy atom. The van der Waals surface area contributed by atoms with E-state index >= 15 is 0 Å². The standard InChI is InChI=1S/C28H28N4O5S/c1-3-37-28(36)30-14-13-20-22(16-30)38-26-24(20)25(34)31(15-19-10-5-4-6-11-19)27(35)32(26)17-23(33)29-21-12-8-7-9-18(21)2/h4-12H,3,13-17H2,1-2H3,(H,29,33). The van der Waals surface area contributed by atoms with Crippen molar-refractivity contribution in [3.8, 4) is 0 Å². The summed E-state index contributed by atoms with van der Waals surface area (Å²) in [7, 11) is 0. The number of carbonyl (C=O) groups excluding carboxylic acids is 2. The van der Waals surface area contributed by atoms with E-state index in [0.717, 1.165) is 21.6 Å². The number of rotatable bonds is 6. The molecule has 10 heteroatoms. The van der Waals surface area contributed by atoms with Crippen molar-refractivity contribution in [1.29, 1.82) is 0 Å². The molecule has 3 heterocycles. The Labute approximate surface area is 222 Å². The summed E-state index contributed by atoms with van der Waals surface area (Å²) in [5, 5.41) is 3.32. The number of benzene rings is 2. The molecule has 196 valence electrons. The highest BCUT2D eigenvalue weighted by molar-refractivity contribution is 7.18. The second kappa shape index (κ2) is 10.7. The van der Waals surface area contributed by atoms with Crippen molar-refractivity contribution in [1.82, 2.24) is 14.0 Å². The topological polar surface area (TPSA) is 103 Å². The number of nitrogens with zero attached hydrogens (tertiary/aromatic N) is 3. The van der Waals surface area contributed by atoms with Crippen molar-refractivity contribution < 1.29 is 14.3 Å². The van der Waals surface area contributed by atoms with E-state index in [9.17, 15) is 19.2 Å². The zero-order chi connectivity index (χ0) is 26.8. The number of aromatic nitrogens is 2. The molecule has 2 aromatic heterocycles. The molecular weight excluding hydrogens is 504 g/mol. The molecule has 1 aliphatic rings. The van der Waals surface area contributed by atoms with Crippen molar-refractivity contribution in [2.75, 3.05) is 18.5 Å². The molecule has 0 bridgehead atoms. The fourth-order valence-corrected chi connectivity index (χ4v) is 6.06. The van der Waals surface area contributed by atoms with Crippen LogP contribution in [0.15, 0.2) is 64.2 Å². The lowest BCUT2D eigenvalue weighted by atomic mass is 10.1. The van der Waals surface area contributed by atoms with Gasteiger partial charge in [-0.05, 0) is 43.0 Å². The van der Waals surface area contributed by atoms with Crippen molar-refractivity contribution >= 4 is 39.2 Å². The van der Waals surface area contributed by atoms with Crippen LogP contribution in [-0.4, -0.2) is 39.2 Å². The molecule has 4 aromatic rings. The van der Waals surface area contributed by atoms with Gasteiger partial charge in [-0.3, -0.25) is 18.7 Å². The van der Waals surface area contributed by atoms with E-state index in [1.54, 1.807) is 17.9 Å². The summed E-state index contributed by atoms with van der Waals surface area (Å²) < 4.78 is 7.74. The SMILES string of the molecule is CCOC(=O)N1CCc2c(sc3c2c(=O)n(Cc2ccccc2)c(=O)n3CC(=O)Nc2ccccc2C)C1. The van der Waals surface area contributed by atoms with Gasteiger partial charge >= 0.3 is 11.8 Å². The predicted octanol–water partition coefficient (Wildman–Crippen LogP) is 3.73. The first-order chi connectivity index (χ1) is 18.4. The van der Waals surface area contributed by atoms with Crippen LogP contribution in [0.3, 0.4) is 0 Å². The van der Waals surface area contributed by atoms with E-state index in [-0.39, 0.29) is 37.7 Å². The van der Waals surface area contributed by atoms with Gasteiger partial charge in [0.2, 0.25) is 5.91 Å². The highest BCUT2D eigenvalue weighted by Gasteiger charge is 2.29. The van der Waals surface area contributed by atoms with Gasteiger partial charge in [-0.15, -0.1) is 11.3 Å². The lowest BCUT2D eigenvalue weighted by molar-refractivity contribution is -0.116. The number of hydrogen-bond donors (Lipinski definition) is 1. The fraction of sp³-hybridized carbons (Fsp3) is 0.286. The summed E-state index contributed by atoms with van der Waals surface area (Å²) in [6.07, 6.45) is 0.0506. The number of fused-ring (bicyclic) bond motifs is 3. The van der Waals surface area contributed by atoms with Gasteiger partial charge in [0.05, 0.1) is 25.1 Å². The maximum absolute atomic E-state index is 13.7. The van der Waals surface area contributed by atoms with Crippen LogP contribution in [0, 0.1) is 6.92 Å². The Bertz CT molecular complexity index is 1640. The first kappa shape index (κ1) is 25.5. The third-order valence-electron chi connectivity index (χ3n) is 6.63. The third-order valence-corrected chi connectivity index (χ3v) is 7.87. The Morgan fingerprint density at radius 1 is 1.03 bits per heavy atom. The molecule has 0 spiro atoms. The molecular formula is C28H28N4O5S. The van der Waals surface area contributed by atoms with E-state index in [2.05, 4.69) is 5.32 Å². The summed E-state index contributed by atoms with van der Waals surface area (Å²) in [5.41, 5.74) is 2.26. The van der Waals surface area contributed by atoms with Crippen LogP contribution in [0.5, 0.6) is 0 Å². The summed E-state index contributed by atoms with van der Waals surface area (Å²) in [6, 6.07) is 16.7. The number of hydrogen-bond acceptors (Lipinski definition) is 6. The second-order valence-electron chi connectivity index (χ2n) is 9.16. The van der Waals surface area contributed by atoms with E-state index in [1.807, 2.05) is 55.5 Å². The molecule has 1 aliphatic heterocycles. The van der Waals surface area contributed by atoms with Gasteiger partial charge in [-0.1, -0.05) is 48.5 Å². The molecule has 0 saturated carbocycles.